The Bertz CT molecular complexity index is 1180. The standard InChI is InChI=1S/C22H19N3O5/c26-19(14-7-9-15(10-8-14)25-11-3-6-20(25)27)13-30-21(28)12-18-16-4-1-2-5-17(16)22(29)24-23-18/h1-2,4-5,7-10H,3,6,11-13H2,(H,24,29). The molecule has 0 radical (unpaired) electrons. The minimum atomic E-state index is -0.618. The van der Waals surface area contributed by atoms with Gasteiger partial charge in [0.15, 0.2) is 12.4 Å². The van der Waals surface area contributed by atoms with Crippen LogP contribution in [0.4, 0.5) is 5.69 Å². The van der Waals surface area contributed by atoms with Crippen LogP contribution in [0.15, 0.2) is 53.3 Å². The van der Waals surface area contributed by atoms with Gasteiger partial charge in [0.05, 0.1) is 17.5 Å². The van der Waals surface area contributed by atoms with E-state index >= 15 is 0 Å². The normalized spacial score (nSPS) is 13.6. The maximum absolute atomic E-state index is 12.3. The van der Waals surface area contributed by atoms with Crippen molar-refractivity contribution in [2.24, 2.45) is 0 Å². The van der Waals surface area contributed by atoms with Crippen molar-refractivity contribution in [1.29, 1.82) is 0 Å². The molecule has 0 unspecified atom stereocenters. The van der Waals surface area contributed by atoms with Gasteiger partial charge in [-0.05, 0) is 36.8 Å². The monoisotopic (exact) mass is 405 g/mol. The molecule has 1 N–H and O–H groups in total. The number of hydrogen-bond donors (Lipinski definition) is 1. The van der Waals surface area contributed by atoms with E-state index < -0.39 is 12.6 Å². The number of rotatable bonds is 6. The largest absolute Gasteiger partial charge is 0.457 e. The van der Waals surface area contributed by atoms with Gasteiger partial charge in [-0.2, -0.15) is 5.10 Å². The molecule has 1 aromatic heterocycles. The lowest BCUT2D eigenvalue weighted by molar-refractivity contribution is -0.141. The van der Waals surface area contributed by atoms with Crippen LogP contribution < -0.4 is 10.5 Å². The van der Waals surface area contributed by atoms with Gasteiger partial charge in [-0.15, -0.1) is 0 Å². The van der Waals surface area contributed by atoms with E-state index in [9.17, 15) is 19.2 Å². The summed E-state index contributed by atoms with van der Waals surface area (Å²) in [5.74, 6) is -0.888. The molecule has 1 amide bonds. The smallest absolute Gasteiger partial charge is 0.312 e. The number of anilines is 1. The molecule has 2 aromatic carbocycles. The second kappa shape index (κ2) is 8.28. The average Bonchev–Trinajstić information content (AvgIpc) is 3.20. The van der Waals surface area contributed by atoms with Crippen molar-refractivity contribution >= 4 is 34.1 Å². The summed E-state index contributed by atoms with van der Waals surface area (Å²) in [5.41, 5.74) is 1.19. The number of aromatic nitrogens is 2. The Balaban J connectivity index is 1.37. The van der Waals surface area contributed by atoms with Crippen LogP contribution in [0.25, 0.3) is 10.8 Å². The highest BCUT2D eigenvalue weighted by atomic mass is 16.5. The van der Waals surface area contributed by atoms with Crippen molar-refractivity contribution in [2.45, 2.75) is 19.3 Å². The summed E-state index contributed by atoms with van der Waals surface area (Å²) in [5, 5.41) is 7.29. The van der Waals surface area contributed by atoms with Crippen molar-refractivity contribution in [2.75, 3.05) is 18.1 Å². The predicted molar refractivity (Wildman–Crippen MR) is 109 cm³/mol. The zero-order chi connectivity index (χ0) is 21.1. The van der Waals surface area contributed by atoms with Crippen molar-refractivity contribution in [3.8, 4) is 0 Å². The zero-order valence-electron chi connectivity index (χ0n) is 16.1. The maximum Gasteiger partial charge on any atom is 0.312 e. The summed E-state index contributed by atoms with van der Waals surface area (Å²) in [7, 11) is 0. The van der Waals surface area contributed by atoms with Crippen molar-refractivity contribution < 1.29 is 19.1 Å². The topological polar surface area (TPSA) is 109 Å². The Hall–Kier alpha value is -3.81. The van der Waals surface area contributed by atoms with Crippen LogP contribution in [0.5, 0.6) is 0 Å². The number of carbonyl (C=O) groups excluding carboxylic acids is 3. The number of H-pyrrole nitrogens is 1. The van der Waals surface area contributed by atoms with E-state index in [1.54, 1.807) is 53.4 Å². The van der Waals surface area contributed by atoms with E-state index in [4.69, 9.17) is 4.74 Å². The third-order valence-corrected chi connectivity index (χ3v) is 5.03. The average molecular weight is 405 g/mol. The number of ketones is 1. The number of Topliss-reactive ketones (excluding diaryl/α,β-unsaturated/α-hetero) is 1. The van der Waals surface area contributed by atoms with Gasteiger partial charge >= 0.3 is 5.97 Å². The molecule has 8 heteroatoms. The van der Waals surface area contributed by atoms with E-state index in [0.29, 0.717) is 35.0 Å². The minimum Gasteiger partial charge on any atom is -0.457 e. The summed E-state index contributed by atoms with van der Waals surface area (Å²) in [4.78, 5) is 49.8. The summed E-state index contributed by atoms with van der Waals surface area (Å²) in [6, 6.07) is 13.5. The van der Waals surface area contributed by atoms with Crippen LogP contribution >= 0.6 is 0 Å². The van der Waals surface area contributed by atoms with E-state index in [1.165, 1.54) is 0 Å². The molecule has 3 aromatic rings. The first-order valence-electron chi connectivity index (χ1n) is 9.58. The number of benzene rings is 2. The lowest BCUT2D eigenvalue weighted by atomic mass is 10.1. The Morgan fingerprint density at radius 2 is 1.77 bits per heavy atom. The van der Waals surface area contributed by atoms with Gasteiger partial charge in [0.25, 0.3) is 5.56 Å². The molecule has 4 rings (SSSR count). The number of nitrogens with one attached hydrogen (secondary N) is 1. The minimum absolute atomic E-state index is 0.0754. The second-order valence-electron chi connectivity index (χ2n) is 7.00. The van der Waals surface area contributed by atoms with E-state index in [0.717, 1.165) is 12.1 Å². The number of aromatic amines is 1. The lowest BCUT2D eigenvalue weighted by Crippen LogP contribution is -2.23. The molecular formula is C22H19N3O5. The van der Waals surface area contributed by atoms with Gasteiger partial charge in [-0.25, -0.2) is 5.10 Å². The number of hydrogen-bond acceptors (Lipinski definition) is 6. The summed E-state index contributed by atoms with van der Waals surface area (Å²) < 4.78 is 5.10. The molecular weight excluding hydrogens is 386 g/mol. The molecule has 30 heavy (non-hydrogen) atoms. The first-order valence-corrected chi connectivity index (χ1v) is 9.58. The van der Waals surface area contributed by atoms with Crippen LogP contribution in [-0.4, -0.2) is 41.0 Å². The number of carbonyl (C=O) groups is 3. The molecule has 2 heterocycles. The molecule has 0 atom stereocenters. The third kappa shape index (κ3) is 3.98. The molecule has 1 aliphatic heterocycles. The SMILES string of the molecule is O=C(Cc1n[nH]c(=O)c2ccccc12)OCC(=O)c1ccc(N2CCCC2=O)cc1. The van der Waals surface area contributed by atoms with Gasteiger partial charge in [0, 0.05) is 29.6 Å². The van der Waals surface area contributed by atoms with Gasteiger partial charge in [-0.3, -0.25) is 19.2 Å². The molecule has 1 aliphatic rings. The Labute approximate surface area is 171 Å². The van der Waals surface area contributed by atoms with Crippen molar-refractivity contribution in [3.63, 3.8) is 0 Å². The molecule has 0 saturated carbocycles. The molecule has 0 spiro atoms. The molecule has 1 saturated heterocycles. The number of ether oxygens (including phenoxy) is 1. The van der Waals surface area contributed by atoms with Crippen LogP contribution in [0.1, 0.15) is 28.9 Å². The van der Waals surface area contributed by atoms with Gasteiger partial charge in [-0.1, -0.05) is 18.2 Å². The fourth-order valence-electron chi connectivity index (χ4n) is 3.47. The van der Waals surface area contributed by atoms with Crippen molar-refractivity contribution in [1.82, 2.24) is 10.2 Å². The number of amides is 1. The number of nitrogens with zero attached hydrogens (tertiary/aromatic N) is 2. The Morgan fingerprint density at radius 3 is 2.47 bits per heavy atom. The van der Waals surface area contributed by atoms with Crippen LogP contribution in [0.3, 0.4) is 0 Å². The predicted octanol–water partition coefficient (Wildman–Crippen LogP) is 2.02. The number of fused-ring (bicyclic) bond motifs is 1. The maximum atomic E-state index is 12.3. The van der Waals surface area contributed by atoms with Crippen LogP contribution in [-0.2, 0) is 20.7 Å². The van der Waals surface area contributed by atoms with E-state index in [1.807, 2.05) is 0 Å². The van der Waals surface area contributed by atoms with Gasteiger partial charge in [0.2, 0.25) is 5.91 Å². The van der Waals surface area contributed by atoms with Gasteiger partial charge < -0.3 is 9.64 Å². The molecule has 0 aliphatic carbocycles. The highest BCUT2D eigenvalue weighted by Crippen LogP contribution is 2.21. The summed E-state index contributed by atoms with van der Waals surface area (Å²) in [6.07, 6.45) is 1.20. The summed E-state index contributed by atoms with van der Waals surface area (Å²) >= 11 is 0. The first-order chi connectivity index (χ1) is 14.5. The van der Waals surface area contributed by atoms with E-state index in [-0.39, 0.29) is 23.7 Å². The summed E-state index contributed by atoms with van der Waals surface area (Å²) in [6.45, 7) is 0.277. The molecule has 1 fully saturated rings. The highest BCUT2D eigenvalue weighted by Gasteiger charge is 2.22. The Morgan fingerprint density at radius 1 is 1.03 bits per heavy atom. The van der Waals surface area contributed by atoms with Crippen LogP contribution in [0, 0.1) is 0 Å². The second-order valence-corrected chi connectivity index (χ2v) is 7.00. The molecule has 0 bridgehead atoms. The lowest BCUT2D eigenvalue weighted by Gasteiger charge is -2.15. The number of esters is 1. The quantitative estimate of drug-likeness (QED) is 0.496. The fourth-order valence-corrected chi connectivity index (χ4v) is 3.47. The third-order valence-electron chi connectivity index (χ3n) is 5.03. The van der Waals surface area contributed by atoms with Crippen LogP contribution in [0.2, 0.25) is 0 Å². The highest BCUT2D eigenvalue weighted by molar-refractivity contribution is 5.99. The first kappa shape index (κ1) is 19.5. The van der Waals surface area contributed by atoms with Crippen molar-refractivity contribution in [3.05, 3.63) is 70.1 Å². The molecule has 152 valence electrons. The Kier molecular flexibility index (Phi) is 5.38. The fraction of sp³-hybridized carbons (Fsp3) is 0.227. The van der Waals surface area contributed by atoms with Gasteiger partial charge in [0.1, 0.15) is 0 Å². The van der Waals surface area contributed by atoms with E-state index in [2.05, 4.69) is 10.2 Å². The molecule has 8 nitrogen and oxygen atoms in total. The zero-order valence-corrected chi connectivity index (χ0v) is 16.1.